The van der Waals surface area contributed by atoms with Crippen molar-refractivity contribution >= 4 is 37.2 Å². The van der Waals surface area contributed by atoms with Crippen molar-refractivity contribution in [2.75, 3.05) is 11.6 Å². The molecule has 2 aromatic heterocycles. The predicted octanol–water partition coefficient (Wildman–Crippen LogP) is 3.97. The first-order valence-corrected chi connectivity index (χ1v) is 10.6. The number of nitrogens with zero attached hydrogens (tertiary/aromatic N) is 2. The van der Waals surface area contributed by atoms with Gasteiger partial charge in [0.1, 0.15) is 27.2 Å². The lowest BCUT2D eigenvalue weighted by atomic mass is 10.1. The Labute approximate surface area is 149 Å². The standard InChI is InChI=1S/C17H18FN3O2S2/c1-4-15-20-16(12-7-8-24-17(12)21-15)19-10(2)11-5-6-14(13(18)9-11)25(3,22)23/h5-10H,4H2,1-3H3,(H,19,20,21). The SMILES string of the molecule is CCc1nc(NC(C)c2ccc(S(C)(=O)=O)c(F)c2)c2ccsc2n1. The van der Waals surface area contributed by atoms with Gasteiger partial charge in [-0.05, 0) is 36.1 Å². The van der Waals surface area contributed by atoms with Gasteiger partial charge in [-0.15, -0.1) is 11.3 Å². The van der Waals surface area contributed by atoms with Gasteiger partial charge in [-0.1, -0.05) is 13.0 Å². The molecule has 0 spiro atoms. The Morgan fingerprint density at radius 2 is 2.04 bits per heavy atom. The van der Waals surface area contributed by atoms with E-state index in [1.807, 2.05) is 25.3 Å². The molecule has 1 unspecified atom stereocenters. The third-order valence-electron chi connectivity index (χ3n) is 3.90. The molecule has 8 heteroatoms. The summed E-state index contributed by atoms with van der Waals surface area (Å²) in [5.74, 6) is 0.692. The van der Waals surface area contributed by atoms with Crippen LogP contribution in [0.5, 0.6) is 0 Å². The number of anilines is 1. The molecule has 1 atom stereocenters. The van der Waals surface area contributed by atoms with Crippen LogP contribution in [0.4, 0.5) is 10.2 Å². The summed E-state index contributed by atoms with van der Waals surface area (Å²) >= 11 is 1.54. The average molecular weight is 379 g/mol. The number of rotatable bonds is 5. The number of thiophene rings is 1. The molecule has 0 aliphatic rings. The Morgan fingerprint density at radius 1 is 1.28 bits per heavy atom. The van der Waals surface area contributed by atoms with Crippen LogP contribution >= 0.6 is 11.3 Å². The number of aryl methyl sites for hydroxylation is 1. The van der Waals surface area contributed by atoms with Crippen LogP contribution in [0.25, 0.3) is 10.2 Å². The van der Waals surface area contributed by atoms with Crippen molar-refractivity contribution in [3.8, 4) is 0 Å². The van der Waals surface area contributed by atoms with Crippen LogP contribution in [-0.2, 0) is 16.3 Å². The van der Waals surface area contributed by atoms with Gasteiger partial charge in [0.05, 0.1) is 11.4 Å². The Hall–Kier alpha value is -2.06. The Kier molecular flexibility index (Phi) is 4.75. The monoisotopic (exact) mass is 379 g/mol. The summed E-state index contributed by atoms with van der Waals surface area (Å²) in [5, 5.41) is 6.16. The normalized spacial score (nSPS) is 13.1. The second-order valence-corrected chi connectivity index (χ2v) is 8.69. The maximum Gasteiger partial charge on any atom is 0.178 e. The fourth-order valence-electron chi connectivity index (χ4n) is 2.54. The number of benzene rings is 1. The van der Waals surface area contributed by atoms with Crippen LogP contribution in [0.1, 0.15) is 31.3 Å². The minimum absolute atomic E-state index is 0.245. The molecule has 0 saturated carbocycles. The smallest absolute Gasteiger partial charge is 0.178 e. The van der Waals surface area contributed by atoms with Crippen LogP contribution in [-0.4, -0.2) is 24.6 Å². The predicted molar refractivity (Wildman–Crippen MR) is 98.3 cm³/mol. The number of halogens is 1. The molecule has 3 rings (SSSR count). The van der Waals surface area contributed by atoms with Crippen molar-refractivity contribution in [3.05, 3.63) is 46.9 Å². The highest BCUT2D eigenvalue weighted by Crippen LogP contribution is 2.29. The van der Waals surface area contributed by atoms with Crippen molar-refractivity contribution in [2.24, 2.45) is 0 Å². The molecule has 2 heterocycles. The number of hydrogen-bond donors (Lipinski definition) is 1. The number of nitrogens with one attached hydrogen (secondary N) is 1. The average Bonchev–Trinajstić information content (AvgIpc) is 3.02. The second-order valence-electron chi connectivity index (χ2n) is 5.81. The molecule has 0 bridgehead atoms. The first-order valence-electron chi connectivity index (χ1n) is 7.79. The molecule has 0 amide bonds. The first kappa shape index (κ1) is 17.8. The van der Waals surface area contributed by atoms with Gasteiger partial charge in [-0.2, -0.15) is 0 Å². The summed E-state index contributed by atoms with van der Waals surface area (Å²) in [6, 6.07) is 5.87. The van der Waals surface area contributed by atoms with Crippen molar-refractivity contribution in [1.82, 2.24) is 9.97 Å². The van der Waals surface area contributed by atoms with E-state index in [1.54, 1.807) is 17.4 Å². The molecule has 0 fully saturated rings. The van der Waals surface area contributed by atoms with Gasteiger partial charge >= 0.3 is 0 Å². The molecule has 0 aliphatic carbocycles. The van der Waals surface area contributed by atoms with Crippen molar-refractivity contribution < 1.29 is 12.8 Å². The molecule has 5 nitrogen and oxygen atoms in total. The molecule has 0 aliphatic heterocycles. The van der Waals surface area contributed by atoms with Crippen LogP contribution in [0, 0.1) is 5.82 Å². The summed E-state index contributed by atoms with van der Waals surface area (Å²) in [7, 11) is -3.58. The molecule has 0 saturated heterocycles. The van der Waals surface area contributed by atoms with Crippen LogP contribution in [0.2, 0.25) is 0 Å². The van der Waals surface area contributed by atoms with E-state index in [1.165, 1.54) is 12.1 Å². The molecular formula is C17H18FN3O2S2. The number of sulfone groups is 1. The third-order valence-corrected chi connectivity index (χ3v) is 5.83. The van der Waals surface area contributed by atoms with Gasteiger partial charge < -0.3 is 5.32 Å². The quantitative estimate of drug-likeness (QED) is 0.726. The summed E-state index contributed by atoms with van der Waals surface area (Å²) in [4.78, 5) is 9.63. The Bertz CT molecular complexity index is 1030. The molecular weight excluding hydrogens is 361 g/mol. The minimum Gasteiger partial charge on any atom is -0.363 e. The first-order chi connectivity index (χ1) is 11.8. The van der Waals surface area contributed by atoms with Crippen LogP contribution in [0.3, 0.4) is 0 Å². The van der Waals surface area contributed by atoms with Gasteiger partial charge in [-0.3, -0.25) is 0 Å². The highest BCUT2D eigenvalue weighted by atomic mass is 32.2. The van der Waals surface area contributed by atoms with Gasteiger partial charge in [0, 0.05) is 12.7 Å². The largest absolute Gasteiger partial charge is 0.363 e. The third kappa shape index (κ3) is 3.64. The van der Waals surface area contributed by atoms with E-state index in [9.17, 15) is 12.8 Å². The lowest BCUT2D eigenvalue weighted by Crippen LogP contribution is -2.11. The number of hydrogen-bond acceptors (Lipinski definition) is 6. The Balaban J connectivity index is 1.94. The van der Waals surface area contributed by atoms with Gasteiger partial charge in [-0.25, -0.2) is 22.8 Å². The maximum absolute atomic E-state index is 14.1. The molecule has 1 N–H and O–H groups in total. The van der Waals surface area contributed by atoms with E-state index in [4.69, 9.17) is 0 Å². The van der Waals surface area contributed by atoms with E-state index in [0.29, 0.717) is 17.8 Å². The second kappa shape index (κ2) is 6.68. The summed E-state index contributed by atoms with van der Waals surface area (Å²) in [5.41, 5.74) is 0.643. The topological polar surface area (TPSA) is 72.0 Å². The van der Waals surface area contributed by atoms with E-state index in [2.05, 4.69) is 15.3 Å². The van der Waals surface area contributed by atoms with Gasteiger partial charge in [0.15, 0.2) is 9.84 Å². The number of aromatic nitrogens is 2. The summed E-state index contributed by atoms with van der Waals surface area (Å²) in [6.45, 7) is 3.86. The Morgan fingerprint density at radius 3 is 2.68 bits per heavy atom. The van der Waals surface area contributed by atoms with E-state index >= 15 is 0 Å². The van der Waals surface area contributed by atoms with Crippen molar-refractivity contribution in [1.29, 1.82) is 0 Å². The van der Waals surface area contributed by atoms with Gasteiger partial charge in [0.25, 0.3) is 0 Å². The zero-order chi connectivity index (χ0) is 18.2. The van der Waals surface area contributed by atoms with Crippen LogP contribution < -0.4 is 5.32 Å². The molecule has 25 heavy (non-hydrogen) atoms. The molecule has 1 aromatic carbocycles. The number of fused-ring (bicyclic) bond motifs is 1. The fourth-order valence-corrected chi connectivity index (χ4v) is 4.05. The summed E-state index contributed by atoms with van der Waals surface area (Å²) in [6.07, 6.45) is 1.71. The van der Waals surface area contributed by atoms with Crippen molar-refractivity contribution in [3.63, 3.8) is 0 Å². The maximum atomic E-state index is 14.1. The lowest BCUT2D eigenvalue weighted by Gasteiger charge is -2.17. The fraction of sp³-hybridized carbons (Fsp3) is 0.294. The zero-order valence-corrected chi connectivity index (χ0v) is 15.7. The highest BCUT2D eigenvalue weighted by Gasteiger charge is 2.17. The minimum atomic E-state index is -3.58. The lowest BCUT2D eigenvalue weighted by molar-refractivity contribution is 0.568. The van der Waals surface area contributed by atoms with E-state index in [-0.39, 0.29) is 10.9 Å². The van der Waals surface area contributed by atoms with E-state index < -0.39 is 15.7 Å². The molecule has 132 valence electrons. The molecule has 0 radical (unpaired) electrons. The zero-order valence-electron chi connectivity index (χ0n) is 14.1. The van der Waals surface area contributed by atoms with E-state index in [0.717, 1.165) is 22.3 Å². The van der Waals surface area contributed by atoms with Crippen LogP contribution in [0.15, 0.2) is 34.5 Å². The van der Waals surface area contributed by atoms with Gasteiger partial charge in [0.2, 0.25) is 0 Å². The van der Waals surface area contributed by atoms with Crippen molar-refractivity contribution in [2.45, 2.75) is 31.2 Å². The summed E-state index contributed by atoms with van der Waals surface area (Å²) < 4.78 is 37.2. The highest BCUT2D eigenvalue weighted by molar-refractivity contribution is 7.90. The molecule has 3 aromatic rings.